The van der Waals surface area contributed by atoms with Crippen LogP contribution in [0.3, 0.4) is 0 Å². The Bertz CT molecular complexity index is 280. The number of aliphatic hydroxyl groups is 3. The van der Waals surface area contributed by atoms with Gasteiger partial charge in [-0.25, -0.2) is 4.57 Å². The molecular formula is C6H14NO8P. The quantitative estimate of drug-likeness (QED) is 0.287. The first-order valence-electron chi connectivity index (χ1n) is 4.38. The van der Waals surface area contributed by atoms with Gasteiger partial charge in [-0.15, -0.1) is 0 Å². The van der Waals surface area contributed by atoms with Gasteiger partial charge in [0.25, 0.3) is 0 Å². The SMILES string of the molecule is N[C@H]1C(O)O[C@H](CO)[C@@H](OP(=O)(O)O)[C@@H]1O. The lowest BCUT2D eigenvalue weighted by Gasteiger charge is -2.40. The Balaban J connectivity index is 2.81. The van der Waals surface area contributed by atoms with Crippen molar-refractivity contribution < 1.29 is 38.9 Å². The third-order valence-corrected chi connectivity index (χ3v) is 2.70. The molecule has 1 aliphatic heterocycles. The fourth-order valence-electron chi connectivity index (χ4n) is 1.39. The van der Waals surface area contributed by atoms with Gasteiger partial charge in [-0.3, -0.25) is 4.52 Å². The van der Waals surface area contributed by atoms with Crippen molar-refractivity contribution >= 4 is 7.82 Å². The van der Waals surface area contributed by atoms with E-state index in [1.807, 2.05) is 0 Å². The molecule has 0 spiro atoms. The van der Waals surface area contributed by atoms with Crippen LogP contribution >= 0.6 is 7.82 Å². The summed E-state index contributed by atoms with van der Waals surface area (Å²) in [5, 5.41) is 27.6. The first kappa shape index (κ1) is 14.0. The molecule has 1 unspecified atom stereocenters. The molecule has 96 valence electrons. The summed E-state index contributed by atoms with van der Waals surface area (Å²) >= 11 is 0. The zero-order chi connectivity index (χ0) is 12.5. The molecule has 5 atom stereocenters. The summed E-state index contributed by atoms with van der Waals surface area (Å²) in [6.45, 7) is -0.689. The van der Waals surface area contributed by atoms with Gasteiger partial charge >= 0.3 is 7.82 Å². The molecule has 0 radical (unpaired) electrons. The largest absolute Gasteiger partial charge is 0.470 e. The van der Waals surface area contributed by atoms with E-state index in [1.165, 1.54) is 0 Å². The van der Waals surface area contributed by atoms with Crippen LogP contribution in [0.2, 0.25) is 0 Å². The van der Waals surface area contributed by atoms with Crippen LogP contribution in [0.15, 0.2) is 0 Å². The van der Waals surface area contributed by atoms with Crippen molar-refractivity contribution in [3.63, 3.8) is 0 Å². The summed E-state index contributed by atoms with van der Waals surface area (Å²) in [5.74, 6) is 0. The Morgan fingerprint density at radius 2 is 1.94 bits per heavy atom. The number of phosphoric ester groups is 1. The maximum absolute atomic E-state index is 10.6. The van der Waals surface area contributed by atoms with Gasteiger partial charge in [0, 0.05) is 0 Å². The van der Waals surface area contributed by atoms with Gasteiger partial charge in [-0.2, -0.15) is 0 Å². The molecule has 10 heteroatoms. The first-order valence-corrected chi connectivity index (χ1v) is 5.91. The molecule has 1 heterocycles. The fraction of sp³-hybridized carbons (Fsp3) is 1.00. The highest BCUT2D eigenvalue weighted by molar-refractivity contribution is 7.46. The summed E-state index contributed by atoms with van der Waals surface area (Å²) in [6.07, 6.45) is -5.88. The fourth-order valence-corrected chi connectivity index (χ4v) is 1.97. The van der Waals surface area contributed by atoms with Gasteiger partial charge in [0.1, 0.15) is 18.3 Å². The summed E-state index contributed by atoms with van der Waals surface area (Å²) in [4.78, 5) is 17.2. The Kier molecular flexibility index (Phi) is 4.41. The summed E-state index contributed by atoms with van der Waals surface area (Å²) in [5.41, 5.74) is 5.31. The minimum absolute atomic E-state index is 0.689. The Morgan fingerprint density at radius 1 is 1.38 bits per heavy atom. The van der Waals surface area contributed by atoms with E-state index in [-0.39, 0.29) is 0 Å². The van der Waals surface area contributed by atoms with Gasteiger partial charge in [0.2, 0.25) is 0 Å². The van der Waals surface area contributed by atoms with Gasteiger partial charge in [0.15, 0.2) is 6.29 Å². The third-order valence-electron chi connectivity index (χ3n) is 2.18. The number of ether oxygens (including phenoxy) is 1. The zero-order valence-electron chi connectivity index (χ0n) is 8.08. The average Bonchev–Trinajstić information content (AvgIpc) is 2.17. The Morgan fingerprint density at radius 3 is 2.38 bits per heavy atom. The van der Waals surface area contributed by atoms with Crippen LogP contribution in [0.25, 0.3) is 0 Å². The van der Waals surface area contributed by atoms with Crippen LogP contribution in [0.4, 0.5) is 0 Å². The van der Waals surface area contributed by atoms with E-state index in [0.717, 1.165) is 0 Å². The Hall–Kier alpha value is -0.0900. The summed E-state index contributed by atoms with van der Waals surface area (Å²) < 4.78 is 19.6. The molecule has 0 amide bonds. The lowest BCUT2D eigenvalue weighted by atomic mass is 9.98. The van der Waals surface area contributed by atoms with Crippen molar-refractivity contribution in [1.29, 1.82) is 0 Å². The van der Waals surface area contributed by atoms with E-state index >= 15 is 0 Å². The maximum atomic E-state index is 10.6. The molecule has 7 N–H and O–H groups in total. The second kappa shape index (κ2) is 5.05. The van der Waals surface area contributed by atoms with E-state index in [0.29, 0.717) is 0 Å². The molecular weight excluding hydrogens is 245 g/mol. The lowest BCUT2D eigenvalue weighted by molar-refractivity contribution is -0.245. The zero-order valence-corrected chi connectivity index (χ0v) is 8.97. The van der Waals surface area contributed by atoms with Crippen molar-refractivity contribution in [2.75, 3.05) is 6.61 Å². The normalized spacial score (nSPS) is 41.0. The van der Waals surface area contributed by atoms with Crippen molar-refractivity contribution in [2.45, 2.75) is 30.6 Å². The number of hydrogen-bond donors (Lipinski definition) is 6. The summed E-state index contributed by atoms with van der Waals surface area (Å²) in [7, 11) is -4.86. The number of hydrogen-bond acceptors (Lipinski definition) is 7. The smallest absolute Gasteiger partial charge is 0.394 e. The molecule has 9 nitrogen and oxygen atoms in total. The van der Waals surface area contributed by atoms with Crippen LogP contribution in [0.5, 0.6) is 0 Å². The van der Waals surface area contributed by atoms with E-state index in [9.17, 15) is 14.8 Å². The highest BCUT2D eigenvalue weighted by Gasteiger charge is 2.46. The van der Waals surface area contributed by atoms with Crippen molar-refractivity contribution in [2.24, 2.45) is 5.73 Å². The van der Waals surface area contributed by atoms with Gasteiger partial charge in [-0.05, 0) is 0 Å². The highest BCUT2D eigenvalue weighted by atomic mass is 31.2. The van der Waals surface area contributed by atoms with Crippen molar-refractivity contribution in [3.05, 3.63) is 0 Å². The monoisotopic (exact) mass is 259 g/mol. The number of aliphatic hydroxyl groups excluding tert-OH is 3. The third kappa shape index (κ3) is 3.20. The molecule has 1 fully saturated rings. The molecule has 0 aromatic rings. The topological polar surface area (TPSA) is 163 Å². The Labute approximate surface area is 90.6 Å². The molecule has 0 bridgehead atoms. The van der Waals surface area contributed by atoms with Crippen molar-refractivity contribution in [1.82, 2.24) is 0 Å². The highest BCUT2D eigenvalue weighted by Crippen LogP contribution is 2.40. The van der Waals surface area contributed by atoms with Crippen LogP contribution in [0, 0.1) is 0 Å². The van der Waals surface area contributed by atoms with E-state index in [2.05, 4.69) is 4.52 Å². The van der Waals surface area contributed by atoms with Gasteiger partial charge in [0.05, 0.1) is 12.6 Å². The predicted octanol–water partition coefficient (Wildman–Crippen LogP) is -3.14. The van der Waals surface area contributed by atoms with E-state index in [4.69, 9.17) is 25.4 Å². The molecule has 1 rings (SSSR count). The second-order valence-electron chi connectivity index (χ2n) is 3.38. The second-order valence-corrected chi connectivity index (χ2v) is 4.57. The average molecular weight is 259 g/mol. The summed E-state index contributed by atoms with van der Waals surface area (Å²) in [6, 6.07) is -1.28. The lowest BCUT2D eigenvalue weighted by Crippen LogP contribution is -2.62. The number of nitrogens with two attached hydrogens (primary N) is 1. The molecule has 0 saturated carbocycles. The minimum atomic E-state index is -4.86. The minimum Gasteiger partial charge on any atom is -0.394 e. The van der Waals surface area contributed by atoms with Crippen LogP contribution in [-0.2, 0) is 13.8 Å². The van der Waals surface area contributed by atoms with E-state index in [1.54, 1.807) is 0 Å². The molecule has 1 aliphatic rings. The van der Waals surface area contributed by atoms with Crippen LogP contribution in [-0.4, -0.2) is 62.4 Å². The number of rotatable bonds is 3. The molecule has 16 heavy (non-hydrogen) atoms. The molecule has 0 aromatic carbocycles. The number of phosphoric acid groups is 1. The van der Waals surface area contributed by atoms with Crippen LogP contribution < -0.4 is 5.73 Å². The van der Waals surface area contributed by atoms with Crippen LogP contribution in [0.1, 0.15) is 0 Å². The molecule has 0 aliphatic carbocycles. The van der Waals surface area contributed by atoms with E-state index < -0.39 is 45.1 Å². The standard InChI is InChI=1S/C6H14NO8P/c7-3-4(9)5(15-16(11,12)13)2(1-8)14-6(3)10/h2-6,8-10H,1,7H2,(H2,11,12,13)/t2-,3-,4-,5-,6?/m1/s1. The molecule has 1 saturated heterocycles. The predicted molar refractivity (Wildman–Crippen MR) is 48.9 cm³/mol. The first-order chi connectivity index (χ1) is 7.26. The van der Waals surface area contributed by atoms with Crippen molar-refractivity contribution in [3.8, 4) is 0 Å². The van der Waals surface area contributed by atoms with Gasteiger partial charge in [-0.1, -0.05) is 0 Å². The maximum Gasteiger partial charge on any atom is 0.470 e. The van der Waals surface area contributed by atoms with Gasteiger partial charge < -0.3 is 35.6 Å². The molecule has 0 aromatic heterocycles.